The van der Waals surface area contributed by atoms with Gasteiger partial charge in [0.2, 0.25) is 0 Å². The highest BCUT2D eigenvalue weighted by Gasteiger charge is 2.51. The highest BCUT2D eigenvalue weighted by atomic mass is 16.5. The van der Waals surface area contributed by atoms with Crippen molar-refractivity contribution in [2.24, 2.45) is 5.92 Å². The molecule has 3 unspecified atom stereocenters. The Morgan fingerprint density at radius 1 is 0.635 bits per heavy atom. The Bertz CT molecular complexity index is 2480. The van der Waals surface area contributed by atoms with Crippen LogP contribution in [0.2, 0.25) is 0 Å². The fourth-order valence-corrected chi connectivity index (χ4v) is 8.77. The molecule has 52 heavy (non-hydrogen) atoms. The van der Waals surface area contributed by atoms with Crippen LogP contribution in [0.15, 0.2) is 164 Å². The Balaban J connectivity index is 1.16. The van der Waals surface area contributed by atoms with Gasteiger partial charge in [-0.2, -0.15) is 0 Å². The quantitative estimate of drug-likeness (QED) is 0.187. The number of benzene rings is 5. The number of para-hydroxylation sites is 1. The van der Waals surface area contributed by atoms with E-state index in [9.17, 15) is 0 Å². The second kappa shape index (κ2) is 11.7. The first-order valence-electron chi connectivity index (χ1n) is 18.2. The van der Waals surface area contributed by atoms with Crippen LogP contribution in [0.25, 0.3) is 28.1 Å². The van der Waals surface area contributed by atoms with Crippen LogP contribution in [0.1, 0.15) is 65.7 Å². The number of hydrogen-bond donors (Lipinski definition) is 0. The Kier molecular flexibility index (Phi) is 6.91. The standard InChI is InChI=1S/C48H37N3O/c1-31-14-6-7-17-35(31)46-50-44(32-26-28-47(2,29-27-32)34-15-4-3-5-16-34)49-45(51-46)33-24-25-43-41(30-33)48(40-22-12-13-23-42(40)52-43)38-20-10-8-18-36(38)37-19-9-11-21-39(37)48/h3-28,30-31,35H,29H2,1-2H3. The third kappa shape index (κ3) is 4.57. The molecule has 4 nitrogen and oxygen atoms in total. The fourth-order valence-electron chi connectivity index (χ4n) is 8.77. The third-order valence-electron chi connectivity index (χ3n) is 11.5. The van der Waals surface area contributed by atoms with Crippen molar-refractivity contribution in [2.45, 2.75) is 37.0 Å². The van der Waals surface area contributed by atoms with Crippen molar-refractivity contribution < 1.29 is 4.74 Å². The van der Waals surface area contributed by atoms with Crippen LogP contribution < -0.4 is 4.74 Å². The summed E-state index contributed by atoms with van der Waals surface area (Å²) in [6.07, 6.45) is 16.3. The molecule has 0 radical (unpaired) electrons. The molecular weight excluding hydrogens is 635 g/mol. The van der Waals surface area contributed by atoms with Crippen LogP contribution in [0.4, 0.5) is 0 Å². The van der Waals surface area contributed by atoms with Gasteiger partial charge in [0, 0.05) is 33.6 Å². The summed E-state index contributed by atoms with van der Waals surface area (Å²) in [7, 11) is 0. The van der Waals surface area contributed by atoms with Gasteiger partial charge in [0.1, 0.15) is 17.3 Å². The molecule has 3 atom stereocenters. The van der Waals surface area contributed by atoms with Gasteiger partial charge >= 0.3 is 0 Å². The summed E-state index contributed by atoms with van der Waals surface area (Å²) in [6, 6.07) is 43.3. The SMILES string of the molecule is CC1C=CC=CC1c1nc(C2=CCC(C)(c3ccccc3)C=C2)nc(-c2ccc3c(c2)C2(c4ccccc4O3)c3ccccc3-c3ccccc32)n1. The minimum absolute atomic E-state index is 0.0426. The van der Waals surface area contributed by atoms with E-state index < -0.39 is 5.41 Å². The fraction of sp³-hybridized carbons (Fsp3) is 0.146. The Labute approximate surface area is 304 Å². The van der Waals surface area contributed by atoms with Crippen LogP contribution in [0, 0.1) is 5.92 Å². The molecule has 0 fully saturated rings. The second-order valence-electron chi connectivity index (χ2n) is 14.6. The van der Waals surface area contributed by atoms with Gasteiger partial charge in [-0.15, -0.1) is 0 Å². The van der Waals surface area contributed by atoms with Crippen LogP contribution in [-0.4, -0.2) is 15.0 Å². The van der Waals surface area contributed by atoms with Crippen molar-refractivity contribution in [2.75, 3.05) is 0 Å². The van der Waals surface area contributed by atoms with Crippen molar-refractivity contribution in [3.8, 4) is 34.0 Å². The lowest BCUT2D eigenvalue weighted by molar-refractivity contribution is 0.436. The maximum Gasteiger partial charge on any atom is 0.163 e. The number of aromatic nitrogens is 3. The number of nitrogens with zero attached hydrogens (tertiary/aromatic N) is 3. The van der Waals surface area contributed by atoms with E-state index in [1.807, 2.05) is 0 Å². The Morgan fingerprint density at radius 3 is 2.02 bits per heavy atom. The van der Waals surface area contributed by atoms with Gasteiger partial charge < -0.3 is 4.74 Å². The van der Waals surface area contributed by atoms with Gasteiger partial charge in [0.25, 0.3) is 0 Å². The predicted octanol–water partition coefficient (Wildman–Crippen LogP) is 11.2. The lowest BCUT2D eigenvalue weighted by Crippen LogP contribution is -2.32. The molecule has 0 bridgehead atoms. The molecule has 6 aromatic rings. The molecular formula is C48H37N3O. The van der Waals surface area contributed by atoms with Gasteiger partial charge in [-0.25, -0.2) is 15.0 Å². The van der Waals surface area contributed by atoms with Crippen LogP contribution in [0.3, 0.4) is 0 Å². The van der Waals surface area contributed by atoms with Gasteiger partial charge in [0.05, 0.1) is 5.41 Å². The van der Waals surface area contributed by atoms with Crippen LogP contribution in [-0.2, 0) is 10.8 Å². The first-order chi connectivity index (χ1) is 25.5. The molecule has 3 aliphatic carbocycles. The molecule has 1 aliphatic heterocycles. The highest BCUT2D eigenvalue weighted by Crippen LogP contribution is 2.62. The first-order valence-corrected chi connectivity index (χ1v) is 18.2. The number of rotatable bonds is 4. The smallest absolute Gasteiger partial charge is 0.163 e. The molecule has 1 spiro atoms. The molecule has 0 saturated heterocycles. The van der Waals surface area contributed by atoms with Crippen LogP contribution >= 0.6 is 0 Å². The predicted molar refractivity (Wildman–Crippen MR) is 208 cm³/mol. The van der Waals surface area contributed by atoms with Crippen LogP contribution in [0.5, 0.6) is 11.5 Å². The molecule has 5 aromatic carbocycles. The summed E-state index contributed by atoms with van der Waals surface area (Å²) in [5.41, 5.74) is 9.85. The summed E-state index contributed by atoms with van der Waals surface area (Å²) in [6.45, 7) is 4.52. The molecule has 1 aromatic heterocycles. The minimum Gasteiger partial charge on any atom is -0.457 e. The zero-order chi connectivity index (χ0) is 34.9. The van der Waals surface area contributed by atoms with Crippen molar-refractivity contribution in [1.82, 2.24) is 15.0 Å². The zero-order valence-electron chi connectivity index (χ0n) is 29.2. The maximum atomic E-state index is 6.70. The van der Waals surface area contributed by atoms with Crippen molar-refractivity contribution in [3.63, 3.8) is 0 Å². The highest BCUT2D eigenvalue weighted by molar-refractivity contribution is 5.89. The Hall–Kier alpha value is -6.13. The molecule has 0 saturated carbocycles. The maximum absolute atomic E-state index is 6.70. The first kappa shape index (κ1) is 30.7. The average Bonchev–Trinajstić information content (AvgIpc) is 3.49. The summed E-state index contributed by atoms with van der Waals surface area (Å²) in [4.78, 5) is 15.7. The van der Waals surface area contributed by atoms with E-state index in [2.05, 4.69) is 178 Å². The third-order valence-corrected chi connectivity index (χ3v) is 11.5. The molecule has 2 heterocycles. The lowest BCUT2D eigenvalue weighted by atomic mass is 9.66. The number of allylic oxidation sites excluding steroid dienone is 8. The molecule has 10 rings (SSSR count). The summed E-state index contributed by atoms with van der Waals surface area (Å²) in [5, 5.41) is 0. The molecule has 0 amide bonds. The lowest BCUT2D eigenvalue weighted by Gasteiger charge is -2.39. The zero-order valence-corrected chi connectivity index (χ0v) is 29.2. The minimum atomic E-state index is -0.561. The molecule has 250 valence electrons. The van der Waals surface area contributed by atoms with Crippen molar-refractivity contribution in [1.29, 1.82) is 0 Å². The van der Waals surface area contributed by atoms with E-state index in [1.54, 1.807) is 0 Å². The molecule has 0 N–H and O–H groups in total. The van der Waals surface area contributed by atoms with E-state index in [-0.39, 0.29) is 17.3 Å². The summed E-state index contributed by atoms with van der Waals surface area (Å²) < 4.78 is 6.70. The van der Waals surface area contributed by atoms with E-state index in [1.165, 1.54) is 27.8 Å². The van der Waals surface area contributed by atoms with Gasteiger partial charge in [-0.05, 0) is 64.4 Å². The second-order valence-corrected chi connectivity index (χ2v) is 14.6. The summed E-state index contributed by atoms with van der Waals surface area (Å²) in [5.74, 6) is 4.17. The van der Waals surface area contributed by atoms with Gasteiger partial charge in [-0.3, -0.25) is 0 Å². The molecule has 4 heteroatoms. The van der Waals surface area contributed by atoms with E-state index in [0.717, 1.165) is 46.0 Å². The van der Waals surface area contributed by atoms with E-state index in [4.69, 9.17) is 19.7 Å². The van der Waals surface area contributed by atoms with E-state index in [0.29, 0.717) is 11.6 Å². The van der Waals surface area contributed by atoms with Gasteiger partial charge in [-0.1, -0.05) is 153 Å². The summed E-state index contributed by atoms with van der Waals surface area (Å²) >= 11 is 0. The number of ether oxygens (including phenoxy) is 1. The normalized spacial score (nSPS) is 21.5. The van der Waals surface area contributed by atoms with Crippen molar-refractivity contribution in [3.05, 3.63) is 203 Å². The topological polar surface area (TPSA) is 47.9 Å². The largest absolute Gasteiger partial charge is 0.457 e. The number of hydrogen-bond acceptors (Lipinski definition) is 4. The average molecular weight is 672 g/mol. The molecule has 4 aliphatic rings. The monoisotopic (exact) mass is 671 g/mol. The van der Waals surface area contributed by atoms with Gasteiger partial charge in [0.15, 0.2) is 11.6 Å². The van der Waals surface area contributed by atoms with E-state index >= 15 is 0 Å². The Morgan fingerprint density at radius 2 is 1.29 bits per heavy atom. The van der Waals surface area contributed by atoms with Crippen molar-refractivity contribution >= 4 is 5.57 Å². The number of fused-ring (bicyclic) bond motifs is 9.